The number of esters is 1. The van der Waals surface area contributed by atoms with Crippen LogP contribution in [-0.2, 0) is 21.4 Å². The number of aromatic hydroxyl groups is 1. The Bertz CT molecular complexity index is 1400. The summed E-state index contributed by atoms with van der Waals surface area (Å²) in [5, 5.41) is 13.2. The number of rotatable bonds is 7. The molecule has 0 heterocycles. The second-order valence-corrected chi connectivity index (χ2v) is 10.4. The van der Waals surface area contributed by atoms with Crippen LogP contribution < -0.4 is 5.32 Å². The third-order valence-corrected chi connectivity index (χ3v) is 6.62. The number of methoxy groups -OCH3 is 1. The van der Waals surface area contributed by atoms with Gasteiger partial charge in [0.2, 0.25) is 0 Å². The maximum absolute atomic E-state index is 13.2. The third kappa shape index (κ3) is 6.30. The Morgan fingerprint density at radius 1 is 0.789 bits per heavy atom. The number of benzene rings is 4. The molecule has 0 aliphatic heterocycles. The number of nitrogens with one attached hydrogen (secondary N) is 1. The van der Waals surface area contributed by atoms with Crippen LogP contribution in [0, 0.1) is 0 Å². The third-order valence-electron chi connectivity index (χ3n) is 6.62. The van der Waals surface area contributed by atoms with Crippen molar-refractivity contribution >= 4 is 11.9 Å². The summed E-state index contributed by atoms with van der Waals surface area (Å²) >= 11 is 0. The van der Waals surface area contributed by atoms with E-state index in [1.54, 1.807) is 12.1 Å². The Morgan fingerprint density at radius 3 is 1.95 bits per heavy atom. The molecule has 1 amide bonds. The van der Waals surface area contributed by atoms with Crippen LogP contribution in [0.25, 0.3) is 22.3 Å². The summed E-state index contributed by atoms with van der Waals surface area (Å²) in [5.41, 5.74) is 6.08. The highest BCUT2D eigenvalue weighted by molar-refractivity contribution is 6.00. The number of ether oxygens (including phenoxy) is 1. The highest BCUT2D eigenvalue weighted by atomic mass is 16.5. The number of carbonyl (C=O) groups excluding carboxylic acids is 2. The maximum atomic E-state index is 13.2. The molecule has 0 spiro atoms. The molecule has 0 saturated carbocycles. The van der Waals surface area contributed by atoms with Gasteiger partial charge in [-0.3, -0.25) is 4.79 Å². The second kappa shape index (κ2) is 11.3. The number of phenols is 1. The van der Waals surface area contributed by atoms with Crippen LogP contribution in [0.2, 0.25) is 0 Å². The first-order valence-corrected chi connectivity index (χ1v) is 12.6. The van der Waals surface area contributed by atoms with E-state index in [0.29, 0.717) is 0 Å². The van der Waals surface area contributed by atoms with Crippen molar-refractivity contribution in [1.29, 1.82) is 0 Å². The lowest BCUT2D eigenvalue weighted by molar-refractivity contribution is -0.142. The van der Waals surface area contributed by atoms with Crippen molar-refractivity contribution in [3.8, 4) is 28.0 Å². The van der Waals surface area contributed by atoms with Gasteiger partial charge < -0.3 is 15.2 Å². The number of hydrogen-bond acceptors (Lipinski definition) is 4. The summed E-state index contributed by atoms with van der Waals surface area (Å²) in [5.74, 6) is -1.26. The van der Waals surface area contributed by atoms with Gasteiger partial charge in [0.05, 0.1) is 12.7 Å². The van der Waals surface area contributed by atoms with Gasteiger partial charge >= 0.3 is 5.97 Å². The van der Waals surface area contributed by atoms with E-state index in [4.69, 9.17) is 4.74 Å². The molecule has 0 radical (unpaired) electrons. The fourth-order valence-corrected chi connectivity index (χ4v) is 4.33. The summed E-state index contributed by atoms with van der Waals surface area (Å²) in [4.78, 5) is 25.8. The smallest absolute Gasteiger partial charge is 0.328 e. The molecule has 1 atom stereocenters. The van der Waals surface area contributed by atoms with Crippen LogP contribution in [-0.4, -0.2) is 30.1 Å². The Morgan fingerprint density at radius 2 is 1.34 bits per heavy atom. The number of hydrogen-bond donors (Lipinski definition) is 2. The molecule has 1 unspecified atom stereocenters. The fraction of sp³-hybridized carbons (Fsp3) is 0.212. The molecule has 5 heteroatoms. The molecular formula is C33H33NO4. The SMILES string of the molecule is COC(=O)C(Cc1ccc(-c2ccccc2)cc1)NC(=O)c1cc(-c2ccc(C(C)(C)C)cc2)ccc1O. The van der Waals surface area contributed by atoms with Crippen LogP contribution in [0.4, 0.5) is 0 Å². The van der Waals surface area contributed by atoms with E-state index in [1.807, 2.05) is 66.7 Å². The van der Waals surface area contributed by atoms with Crippen LogP contribution in [0.3, 0.4) is 0 Å². The molecule has 0 aliphatic carbocycles. The van der Waals surface area contributed by atoms with Crippen molar-refractivity contribution in [2.24, 2.45) is 0 Å². The highest BCUT2D eigenvalue weighted by Gasteiger charge is 2.24. The number of phenolic OH excluding ortho intramolecular Hbond substituents is 1. The lowest BCUT2D eigenvalue weighted by Crippen LogP contribution is -2.43. The lowest BCUT2D eigenvalue weighted by atomic mass is 9.86. The van der Waals surface area contributed by atoms with E-state index in [-0.39, 0.29) is 23.1 Å². The van der Waals surface area contributed by atoms with E-state index in [2.05, 4.69) is 38.2 Å². The molecule has 0 fully saturated rings. The minimum Gasteiger partial charge on any atom is -0.507 e. The predicted molar refractivity (Wildman–Crippen MR) is 151 cm³/mol. The van der Waals surface area contributed by atoms with Crippen LogP contribution >= 0.6 is 0 Å². The molecule has 4 aromatic rings. The van der Waals surface area contributed by atoms with E-state index in [1.165, 1.54) is 18.7 Å². The molecule has 38 heavy (non-hydrogen) atoms. The summed E-state index contributed by atoms with van der Waals surface area (Å²) in [6.45, 7) is 6.46. The molecule has 0 aromatic heterocycles. The van der Waals surface area contributed by atoms with Crippen LogP contribution in [0.1, 0.15) is 42.3 Å². The Hall–Kier alpha value is -4.38. The van der Waals surface area contributed by atoms with Gasteiger partial charge in [-0.25, -0.2) is 4.79 Å². The van der Waals surface area contributed by atoms with Crippen molar-refractivity contribution in [3.05, 3.63) is 114 Å². The topological polar surface area (TPSA) is 75.6 Å². The average molecular weight is 508 g/mol. The largest absolute Gasteiger partial charge is 0.507 e. The van der Waals surface area contributed by atoms with Gasteiger partial charge in [0, 0.05) is 6.42 Å². The van der Waals surface area contributed by atoms with Crippen molar-refractivity contribution in [1.82, 2.24) is 5.32 Å². The summed E-state index contributed by atoms with van der Waals surface area (Å²) in [6, 6.07) is 30.0. The molecule has 0 aliphatic rings. The van der Waals surface area contributed by atoms with Crippen LogP contribution in [0.15, 0.2) is 97.1 Å². The average Bonchev–Trinajstić information content (AvgIpc) is 2.93. The van der Waals surface area contributed by atoms with Crippen molar-refractivity contribution < 1.29 is 19.4 Å². The molecule has 0 bridgehead atoms. The van der Waals surface area contributed by atoms with Gasteiger partial charge in [-0.1, -0.05) is 106 Å². The van der Waals surface area contributed by atoms with Crippen molar-refractivity contribution in [2.45, 2.75) is 38.6 Å². The minimum atomic E-state index is -0.913. The van der Waals surface area contributed by atoms with Gasteiger partial charge in [-0.2, -0.15) is 0 Å². The zero-order valence-corrected chi connectivity index (χ0v) is 22.2. The molecule has 5 nitrogen and oxygen atoms in total. The number of amides is 1. The first kappa shape index (κ1) is 26.7. The quantitative estimate of drug-likeness (QED) is 0.279. The van der Waals surface area contributed by atoms with Gasteiger partial charge in [0.25, 0.3) is 5.91 Å². The second-order valence-electron chi connectivity index (χ2n) is 10.4. The van der Waals surface area contributed by atoms with Crippen LogP contribution in [0.5, 0.6) is 5.75 Å². The fourth-order valence-electron chi connectivity index (χ4n) is 4.33. The molecule has 0 saturated heterocycles. The summed E-state index contributed by atoms with van der Waals surface area (Å²) in [6.07, 6.45) is 0.252. The highest BCUT2D eigenvalue weighted by Crippen LogP contribution is 2.29. The molecule has 4 rings (SSSR count). The Labute approximate surface area is 224 Å². The van der Waals surface area contributed by atoms with E-state index >= 15 is 0 Å². The van der Waals surface area contributed by atoms with Gasteiger partial charge in [-0.05, 0) is 50.9 Å². The zero-order chi connectivity index (χ0) is 27.3. The summed E-state index contributed by atoms with van der Waals surface area (Å²) in [7, 11) is 1.29. The summed E-state index contributed by atoms with van der Waals surface area (Å²) < 4.78 is 4.96. The monoisotopic (exact) mass is 507 g/mol. The first-order chi connectivity index (χ1) is 18.2. The molecule has 4 aromatic carbocycles. The normalized spacial score (nSPS) is 12.0. The van der Waals surface area contributed by atoms with Crippen molar-refractivity contribution in [2.75, 3.05) is 7.11 Å². The van der Waals surface area contributed by atoms with E-state index in [0.717, 1.165) is 27.8 Å². The van der Waals surface area contributed by atoms with Gasteiger partial charge in [0.15, 0.2) is 0 Å². The Balaban J connectivity index is 1.53. The predicted octanol–water partition coefficient (Wildman–Crippen LogP) is 6.54. The van der Waals surface area contributed by atoms with Crippen molar-refractivity contribution in [3.63, 3.8) is 0 Å². The lowest BCUT2D eigenvalue weighted by Gasteiger charge is -2.19. The maximum Gasteiger partial charge on any atom is 0.328 e. The van der Waals surface area contributed by atoms with E-state index in [9.17, 15) is 14.7 Å². The molecule has 2 N–H and O–H groups in total. The number of carbonyl (C=O) groups is 2. The molecule has 194 valence electrons. The molecular weight excluding hydrogens is 474 g/mol. The van der Waals surface area contributed by atoms with Gasteiger partial charge in [-0.15, -0.1) is 0 Å². The standard InChI is InChI=1S/C33H33NO4/c1-33(2,3)27-17-14-25(15-18-27)26-16-19-30(35)28(21-26)31(36)34-29(32(37)38-4)20-22-10-12-24(13-11-22)23-8-6-5-7-9-23/h5-19,21,29,35H,20H2,1-4H3,(H,34,36). The first-order valence-electron chi connectivity index (χ1n) is 12.6. The van der Waals surface area contributed by atoms with E-state index < -0.39 is 17.9 Å². The zero-order valence-electron chi connectivity index (χ0n) is 22.2. The Kier molecular flexibility index (Phi) is 7.96. The minimum absolute atomic E-state index is 0.0310. The van der Waals surface area contributed by atoms with Gasteiger partial charge in [0.1, 0.15) is 11.8 Å².